The van der Waals surface area contributed by atoms with E-state index < -0.39 is 6.10 Å². The van der Waals surface area contributed by atoms with Gasteiger partial charge in [-0.25, -0.2) is 0 Å². The number of rotatable bonds is 7. The van der Waals surface area contributed by atoms with Crippen LogP contribution in [-0.2, 0) is 22.7 Å². The van der Waals surface area contributed by atoms with E-state index in [0.717, 1.165) is 11.1 Å². The minimum atomic E-state index is -0.508. The molecule has 0 fully saturated rings. The van der Waals surface area contributed by atoms with Gasteiger partial charge >= 0.3 is 0 Å². The summed E-state index contributed by atoms with van der Waals surface area (Å²) in [5.74, 6) is -0.0533. The van der Waals surface area contributed by atoms with Gasteiger partial charge in [-0.1, -0.05) is 72.8 Å². The molecule has 23 heavy (non-hydrogen) atoms. The Morgan fingerprint density at radius 3 is 2.04 bits per heavy atom. The Morgan fingerprint density at radius 2 is 1.39 bits per heavy atom. The molecule has 2 aromatic carbocycles. The SMILES string of the molecule is O[C@@H]1C=C[C@H](OCc2ccccc2)[C@H]1COCc1ccccc1. The molecule has 0 bridgehead atoms. The smallest absolute Gasteiger partial charge is 0.0839 e. The standard InChI is InChI=1S/C20H22O3/c21-19-11-12-20(23-14-17-9-5-2-6-10-17)18(19)15-22-13-16-7-3-1-4-8-16/h1-12,18-21H,13-15H2/t18-,19+,20-/m0/s1. The number of benzene rings is 2. The van der Waals surface area contributed by atoms with Crippen LogP contribution in [-0.4, -0.2) is 23.9 Å². The van der Waals surface area contributed by atoms with E-state index in [4.69, 9.17) is 9.47 Å². The molecule has 0 spiro atoms. The number of ether oxygens (including phenoxy) is 2. The second kappa shape index (κ2) is 8.06. The highest BCUT2D eigenvalue weighted by molar-refractivity contribution is 5.15. The van der Waals surface area contributed by atoms with Gasteiger partial charge in [0.15, 0.2) is 0 Å². The molecule has 0 heterocycles. The fourth-order valence-corrected chi connectivity index (χ4v) is 2.73. The van der Waals surface area contributed by atoms with E-state index in [1.54, 1.807) is 6.08 Å². The van der Waals surface area contributed by atoms with Gasteiger partial charge in [0.2, 0.25) is 0 Å². The third kappa shape index (κ3) is 4.52. The van der Waals surface area contributed by atoms with Crippen molar-refractivity contribution in [2.45, 2.75) is 25.4 Å². The van der Waals surface area contributed by atoms with Gasteiger partial charge in [-0.3, -0.25) is 0 Å². The lowest BCUT2D eigenvalue weighted by Gasteiger charge is -2.22. The average molecular weight is 310 g/mol. The lowest BCUT2D eigenvalue weighted by molar-refractivity contribution is -0.0359. The Hall–Kier alpha value is -1.94. The molecule has 120 valence electrons. The number of hydrogen-bond acceptors (Lipinski definition) is 3. The van der Waals surface area contributed by atoms with E-state index in [1.165, 1.54) is 0 Å². The summed E-state index contributed by atoms with van der Waals surface area (Å²) < 4.78 is 11.7. The second-order valence-corrected chi connectivity index (χ2v) is 5.80. The highest BCUT2D eigenvalue weighted by Gasteiger charge is 2.31. The van der Waals surface area contributed by atoms with Gasteiger partial charge < -0.3 is 14.6 Å². The first-order valence-electron chi connectivity index (χ1n) is 7.96. The molecule has 1 aliphatic rings. The highest BCUT2D eigenvalue weighted by atomic mass is 16.5. The van der Waals surface area contributed by atoms with Crippen LogP contribution >= 0.6 is 0 Å². The Kier molecular flexibility index (Phi) is 5.59. The fraction of sp³-hybridized carbons (Fsp3) is 0.300. The molecule has 2 aromatic rings. The van der Waals surface area contributed by atoms with Crippen LogP contribution in [0.25, 0.3) is 0 Å². The lowest BCUT2D eigenvalue weighted by Crippen LogP contribution is -2.30. The van der Waals surface area contributed by atoms with Crippen LogP contribution in [0.3, 0.4) is 0 Å². The van der Waals surface area contributed by atoms with Crippen molar-refractivity contribution in [1.29, 1.82) is 0 Å². The van der Waals surface area contributed by atoms with E-state index in [2.05, 4.69) is 0 Å². The third-order valence-corrected chi connectivity index (χ3v) is 4.07. The molecule has 3 heteroatoms. The summed E-state index contributed by atoms with van der Waals surface area (Å²) in [4.78, 5) is 0. The van der Waals surface area contributed by atoms with Gasteiger partial charge in [0.05, 0.1) is 32.0 Å². The Morgan fingerprint density at radius 1 is 0.783 bits per heavy atom. The lowest BCUT2D eigenvalue weighted by atomic mass is 10.0. The van der Waals surface area contributed by atoms with Crippen LogP contribution in [0.15, 0.2) is 72.8 Å². The summed E-state index contributed by atoms with van der Waals surface area (Å²) in [5.41, 5.74) is 2.26. The molecule has 3 rings (SSSR count). The molecule has 3 atom stereocenters. The molecule has 1 N–H and O–H groups in total. The normalized spacial score (nSPS) is 23.3. The first kappa shape index (κ1) is 15.9. The molecule has 0 aromatic heterocycles. The molecule has 0 unspecified atom stereocenters. The number of aliphatic hydroxyl groups is 1. The van der Waals surface area contributed by atoms with Gasteiger partial charge in [-0.05, 0) is 11.1 Å². The van der Waals surface area contributed by atoms with Crippen molar-refractivity contribution < 1.29 is 14.6 Å². The molecule has 0 amide bonds. The maximum Gasteiger partial charge on any atom is 0.0839 e. The van der Waals surface area contributed by atoms with E-state index in [-0.39, 0.29) is 12.0 Å². The van der Waals surface area contributed by atoms with E-state index >= 15 is 0 Å². The van der Waals surface area contributed by atoms with Gasteiger partial charge in [-0.2, -0.15) is 0 Å². The van der Waals surface area contributed by atoms with Crippen molar-refractivity contribution in [3.8, 4) is 0 Å². The zero-order chi connectivity index (χ0) is 15.9. The fourth-order valence-electron chi connectivity index (χ4n) is 2.73. The first-order chi connectivity index (χ1) is 11.3. The summed E-state index contributed by atoms with van der Waals surface area (Å²) in [7, 11) is 0. The molecular formula is C20H22O3. The number of hydrogen-bond donors (Lipinski definition) is 1. The van der Waals surface area contributed by atoms with E-state index in [0.29, 0.717) is 19.8 Å². The van der Waals surface area contributed by atoms with Crippen molar-refractivity contribution in [3.05, 3.63) is 83.9 Å². The molecule has 1 aliphatic carbocycles. The summed E-state index contributed by atoms with van der Waals surface area (Å²) in [5, 5.41) is 10.1. The van der Waals surface area contributed by atoms with Crippen LogP contribution in [0, 0.1) is 5.92 Å². The summed E-state index contributed by atoms with van der Waals surface area (Å²) in [6, 6.07) is 20.1. The molecule has 0 radical (unpaired) electrons. The highest BCUT2D eigenvalue weighted by Crippen LogP contribution is 2.24. The third-order valence-electron chi connectivity index (χ3n) is 4.07. The molecule has 3 nitrogen and oxygen atoms in total. The predicted molar refractivity (Wildman–Crippen MR) is 89.8 cm³/mol. The Bertz CT molecular complexity index is 609. The topological polar surface area (TPSA) is 38.7 Å². The van der Waals surface area contributed by atoms with Crippen LogP contribution in [0.2, 0.25) is 0 Å². The largest absolute Gasteiger partial charge is 0.389 e. The first-order valence-corrected chi connectivity index (χ1v) is 7.96. The molecule has 0 saturated carbocycles. The summed E-state index contributed by atoms with van der Waals surface area (Å²) in [6.07, 6.45) is 3.11. The Balaban J connectivity index is 1.48. The second-order valence-electron chi connectivity index (χ2n) is 5.80. The zero-order valence-corrected chi connectivity index (χ0v) is 13.0. The Labute approximate surface area is 137 Å². The van der Waals surface area contributed by atoms with Crippen LogP contribution in [0.1, 0.15) is 11.1 Å². The van der Waals surface area contributed by atoms with Crippen molar-refractivity contribution in [2.24, 2.45) is 5.92 Å². The average Bonchev–Trinajstić information content (AvgIpc) is 2.95. The maximum absolute atomic E-state index is 10.1. The van der Waals surface area contributed by atoms with Gasteiger partial charge in [0.25, 0.3) is 0 Å². The predicted octanol–water partition coefficient (Wildman–Crippen LogP) is 3.34. The van der Waals surface area contributed by atoms with Gasteiger partial charge in [0, 0.05) is 5.92 Å². The summed E-state index contributed by atoms with van der Waals surface area (Å²) >= 11 is 0. The van der Waals surface area contributed by atoms with E-state index in [1.807, 2.05) is 66.7 Å². The van der Waals surface area contributed by atoms with Crippen LogP contribution < -0.4 is 0 Å². The van der Waals surface area contributed by atoms with Crippen molar-refractivity contribution >= 4 is 0 Å². The van der Waals surface area contributed by atoms with Gasteiger partial charge in [0.1, 0.15) is 0 Å². The molecular weight excluding hydrogens is 288 g/mol. The summed E-state index contributed by atoms with van der Waals surface area (Å²) in [6.45, 7) is 1.57. The minimum Gasteiger partial charge on any atom is -0.389 e. The maximum atomic E-state index is 10.1. The van der Waals surface area contributed by atoms with E-state index in [9.17, 15) is 5.11 Å². The van der Waals surface area contributed by atoms with Crippen LogP contribution in [0.5, 0.6) is 0 Å². The quantitative estimate of drug-likeness (QED) is 0.797. The van der Waals surface area contributed by atoms with Crippen LogP contribution in [0.4, 0.5) is 0 Å². The molecule has 0 aliphatic heterocycles. The molecule has 0 saturated heterocycles. The monoisotopic (exact) mass is 310 g/mol. The van der Waals surface area contributed by atoms with Crippen molar-refractivity contribution in [3.63, 3.8) is 0 Å². The minimum absolute atomic E-state index is 0.0533. The van der Waals surface area contributed by atoms with Crippen molar-refractivity contribution in [1.82, 2.24) is 0 Å². The number of aliphatic hydroxyl groups excluding tert-OH is 1. The van der Waals surface area contributed by atoms with Crippen molar-refractivity contribution in [2.75, 3.05) is 6.61 Å². The zero-order valence-electron chi connectivity index (χ0n) is 13.0. The van der Waals surface area contributed by atoms with Gasteiger partial charge in [-0.15, -0.1) is 0 Å².